The Morgan fingerprint density at radius 2 is 2.13 bits per heavy atom. The van der Waals surface area contributed by atoms with E-state index in [1.807, 2.05) is 29.5 Å². The van der Waals surface area contributed by atoms with Gasteiger partial charge in [0, 0.05) is 32.7 Å². The lowest BCUT2D eigenvalue weighted by atomic mass is 10.2. The molecule has 0 N–H and O–H groups in total. The Morgan fingerprint density at radius 1 is 1.39 bits per heavy atom. The van der Waals surface area contributed by atoms with Crippen molar-refractivity contribution in [2.24, 2.45) is 0 Å². The summed E-state index contributed by atoms with van der Waals surface area (Å²) in [6, 6.07) is 3.90. The molecule has 3 rings (SSSR count). The number of hydrogen-bond acceptors (Lipinski definition) is 5. The molecule has 0 saturated carbocycles. The summed E-state index contributed by atoms with van der Waals surface area (Å²) in [7, 11) is 0. The highest BCUT2D eigenvalue weighted by Gasteiger charge is 2.27. The van der Waals surface area contributed by atoms with E-state index < -0.39 is 0 Å². The number of rotatable bonds is 2. The lowest BCUT2D eigenvalue weighted by Crippen LogP contribution is -2.51. The molecule has 7 heteroatoms. The van der Waals surface area contributed by atoms with Gasteiger partial charge in [-0.15, -0.1) is 0 Å². The quantitative estimate of drug-likeness (QED) is 0.798. The van der Waals surface area contributed by atoms with Gasteiger partial charge in [0.25, 0.3) is 0 Å². The molecule has 2 aliphatic heterocycles. The van der Waals surface area contributed by atoms with Crippen LogP contribution >= 0.6 is 0 Å². The van der Waals surface area contributed by atoms with Crippen LogP contribution in [0.4, 0.5) is 0 Å². The van der Waals surface area contributed by atoms with Gasteiger partial charge in [0.2, 0.25) is 5.91 Å². The van der Waals surface area contributed by atoms with Crippen molar-refractivity contribution in [2.75, 3.05) is 26.2 Å². The van der Waals surface area contributed by atoms with Crippen LogP contribution in [0.5, 0.6) is 0 Å². The fraction of sp³-hybridized carbons (Fsp3) is 0.688. The first kappa shape index (κ1) is 16.0. The molecular weight excluding hydrogens is 294 g/mol. The summed E-state index contributed by atoms with van der Waals surface area (Å²) in [4.78, 5) is 16.6. The first-order valence-corrected chi connectivity index (χ1v) is 8.17. The Hall–Kier alpha value is -1.91. The number of carbonyl (C=O) groups is 1. The molecule has 2 aliphatic rings. The number of nitriles is 1. The third kappa shape index (κ3) is 3.71. The van der Waals surface area contributed by atoms with E-state index in [0.29, 0.717) is 31.9 Å². The lowest BCUT2D eigenvalue weighted by molar-refractivity contribution is -0.144. The first-order chi connectivity index (χ1) is 11.0. The third-order valence-electron chi connectivity index (χ3n) is 4.34. The zero-order valence-electron chi connectivity index (χ0n) is 13.7. The van der Waals surface area contributed by atoms with E-state index in [0.717, 1.165) is 25.2 Å². The number of carbonyl (C=O) groups excluding carboxylic acids is 1. The number of hydrogen-bond donors (Lipinski definition) is 0. The molecule has 1 amide bonds. The lowest BCUT2D eigenvalue weighted by Gasteiger charge is -2.36. The van der Waals surface area contributed by atoms with Gasteiger partial charge in [0.05, 0.1) is 24.4 Å². The topological polar surface area (TPSA) is 74.4 Å². The van der Waals surface area contributed by atoms with E-state index in [-0.39, 0.29) is 18.1 Å². The first-order valence-electron chi connectivity index (χ1n) is 8.17. The molecule has 124 valence electrons. The van der Waals surface area contributed by atoms with Gasteiger partial charge in [-0.1, -0.05) is 0 Å². The van der Waals surface area contributed by atoms with Crippen LogP contribution in [0.2, 0.25) is 0 Å². The van der Waals surface area contributed by atoms with Crippen molar-refractivity contribution in [3.8, 4) is 6.07 Å². The smallest absolute Gasteiger partial charge is 0.236 e. The highest BCUT2D eigenvalue weighted by atomic mass is 16.5. The molecule has 0 aromatic carbocycles. The molecule has 23 heavy (non-hydrogen) atoms. The Labute approximate surface area is 136 Å². The largest absolute Gasteiger partial charge is 0.372 e. The maximum absolute atomic E-state index is 12.6. The number of amides is 1. The summed E-state index contributed by atoms with van der Waals surface area (Å²) in [6.07, 6.45) is 1.11. The van der Waals surface area contributed by atoms with E-state index in [9.17, 15) is 4.79 Å². The Kier molecular flexibility index (Phi) is 4.64. The molecule has 7 nitrogen and oxygen atoms in total. The van der Waals surface area contributed by atoms with Crippen molar-refractivity contribution >= 4 is 5.91 Å². The SMILES string of the molecule is C[C@@H]1CN(C(=O)CN2CCCn3nc(C#N)cc3C2)C[C@H](C)O1. The zero-order chi connectivity index (χ0) is 16.4. The van der Waals surface area contributed by atoms with Gasteiger partial charge in [-0.25, -0.2) is 0 Å². The normalized spacial score (nSPS) is 25.5. The number of morpholine rings is 1. The zero-order valence-corrected chi connectivity index (χ0v) is 13.7. The van der Waals surface area contributed by atoms with Crippen molar-refractivity contribution in [2.45, 2.75) is 45.6 Å². The summed E-state index contributed by atoms with van der Waals surface area (Å²) < 4.78 is 7.58. The van der Waals surface area contributed by atoms with E-state index in [1.54, 1.807) is 0 Å². The second-order valence-electron chi connectivity index (χ2n) is 6.48. The minimum atomic E-state index is 0.0893. The van der Waals surface area contributed by atoms with Crippen molar-refractivity contribution in [1.29, 1.82) is 5.26 Å². The number of aromatic nitrogens is 2. The fourth-order valence-electron chi connectivity index (χ4n) is 3.39. The predicted molar refractivity (Wildman–Crippen MR) is 83.4 cm³/mol. The van der Waals surface area contributed by atoms with Crippen LogP contribution in [0.3, 0.4) is 0 Å². The number of aryl methyl sites for hydroxylation is 1. The van der Waals surface area contributed by atoms with Gasteiger partial charge in [-0.05, 0) is 26.3 Å². The monoisotopic (exact) mass is 317 g/mol. The van der Waals surface area contributed by atoms with E-state index in [4.69, 9.17) is 10.00 Å². The van der Waals surface area contributed by atoms with Crippen molar-refractivity contribution < 1.29 is 9.53 Å². The van der Waals surface area contributed by atoms with Crippen LogP contribution < -0.4 is 0 Å². The Bertz CT molecular complexity index is 610. The summed E-state index contributed by atoms with van der Waals surface area (Å²) in [5, 5.41) is 13.2. The highest BCUT2D eigenvalue weighted by molar-refractivity contribution is 5.78. The fourth-order valence-corrected chi connectivity index (χ4v) is 3.39. The van der Waals surface area contributed by atoms with Crippen LogP contribution in [0, 0.1) is 11.3 Å². The molecule has 0 unspecified atom stereocenters. The maximum Gasteiger partial charge on any atom is 0.236 e. The van der Waals surface area contributed by atoms with Gasteiger partial charge >= 0.3 is 0 Å². The highest BCUT2D eigenvalue weighted by Crippen LogP contribution is 2.15. The van der Waals surface area contributed by atoms with Gasteiger partial charge in [0.1, 0.15) is 6.07 Å². The predicted octanol–water partition coefficient (Wildman–Crippen LogP) is 0.596. The summed E-state index contributed by atoms with van der Waals surface area (Å²) in [5.74, 6) is 0.153. The molecule has 0 spiro atoms. The minimum absolute atomic E-state index is 0.0893. The standard InChI is InChI=1S/C16H23N5O2/c1-12-8-20(9-13(2)23-12)16(22)11-19-4-3-5-21-15(10-19)6-14(7-17)18-21/h6,12-13H,3-5,8-11H2,1-2H3/t12-,13+. The molecule has 1 aromatic rings. The molecular formula is C16H23N5O2. The van der Waals surface area contributed by atoms with E-state index >= 15 is 0 Å². The second kappa shape index (κ2) is 6.69. The number of nitrogens with zero attached hydrogens (tertiary/aromatic N) is 5. The van der Waals surface area contributed by atoms with Crippen LogP contribution in [0.1, 0.15) is 31.7 Å². The average Bonchev–Trinajstić information content (AvgIpc) is 2.79. The van der Waals surface area contributed by atoms with Crippen LogP contribution in [0.25, 0.3) is 0 Å². The van der Waals surface area contributed by atoms with Gasteiger partial charge < -0.3 is 9.64 Å². The molecule has 0 aliphatic carbocycles. The summed E-state index contributed by atoms with van der Waals surface area (Å²) >= 11 is 0. The summed E-state index contributed by atoms with van der Waals surface area (Å²) in [5.41, 5.74) is 1.46. The Balaban J connectivity index is 1.63. The third-order valence-corrected chi connectivity index (χ3v) is 4.34. The molecule has 1 saturated heterocycles. The van der Waals surface area contributed by atoms with E-state index in [2.05, 4.69) is 16.1 Å². The van der Waals surface area contributed by atoms with Gasteiger partial charge in [0.15, 0.2) is 5.69 Å². The molecule has 0 bridgehead atoms. The van der Waals surface area contributed by atoms with E-state index in [1.165, 1.54) is 0 Å². The number of fused-ring (bicyclic) bond motifs is 1. The van der Waals surface area contributed by atoms with Crippen molar-refractivity contribution in [3.63, 3.8) is 0 Å². The maximum atomic E-state index is 12.6. The molecule has 1 aromatic heterocycles. The molecule has 2 atom stereocenters. The Morgan fingerprint density at radius 3 is 2.83 bits per heavy atom. The average molecular weight is 317 g/mol. The minimum Gasteiger partial charge on any atom is -0.372 e. The van der Waals surface area contributed by atoms with Gasteiger partial charge in [-0.3, -0.25) is 14.4 Å². The van der Waals surface area contributed by atoms with Crippen molar-refractivity contribution in [1.82, 2.24) is 19.6 Å². The molecule has 3 heterocycles. The van der Waals surface area contributed by atoms with Crippen LogP contribution in [-0.4, -0.2) is 63.9 Å². The van der Waals surface area contributed by atoms with Gasteiger partial charge in [-0.2, -0.15) is 10.4 Å². The van der Waals surface area contributed by atoms with Crippen LogP contribution in [0.15, 0.2) is 6.07 Å². The molecule has 0 radical (unpaired) electrons. The molecule has 1 fully saturated rings. The number of ether oxygens (including phenoxy) is 1. The van der Waals surface area contributed by atoms with Crippen LogP contribution in [-0.2, 0) is 22.6 Å². The summed E-state index contributed by atoms with van der Waals surface area (Å²) in [6.45, 7) is 8.07. The second-order valence-corrected chi connectivity index (χ2v) is 6.48. The van der Waals surface area contributed by atoms with Crippen molar-refractivity contribution in [3.05, 3.63) is 17.5 Å².